The van der Waals surface area contributed by atoms with Gasteiger partial charge in [-0.05, 0) is 12.1 Å². The molecular formula is C11H11NO4. The van der Waals surface area contributed by atoms with Crippen LogP contribution in [0, 0.1) is 0 Å². The van der Waals surface area contributed by atoms with Gasteiger partial charge in [0.25, 0.3) is 5.91 Å². The highest BCUT2D eigenvalue weighted by Crippen LogP contribution is 2.34. The molecular weight excluding hydrogens is 210 g/mol. The third-order valence-corrected chi connectivity index (χ3v) is 2.38. The Balaban J connectivity index is 2.38. The van der Waals surface area contributed by atoms with Crippen LogP contribution in [0.15, 0.2) is 18.2 Å². The van der Waals surface area contributed by atoms with Crippen molar-refractivity contribution in [2.75, 3.05) is 20.4 Å². The molecule has 5 heteroatoms. The second-order valence-electron chi connectivity index (χ2n) is 3.30. The van der Waals surface area contributed by atoms with Crippen LogP contribution in [0.2, 0.25) is 0 Å². The molecule has 1 aliphatic heterocycles. The third-order valence-electron chi connectivity index (χ3n) is 2.38. The van der Waals surface area contributed by atoms with E-state index >= 15 is 0 Å². The number of hydrogen-bond donors (Lipinski definition) is 0. The molecule has 1 aromatic carbocycles. The first-order chi connectivity index (χ1) is 7.77. The quantitative estimate of drug-likeness (QED) is 0.704. The highest BCUT2D eigenvalue weighted by Gasteiger charge is 2.27. The lowest BCUT2D eigenvalue weighted by Crippen LogP contribution is -2.39. The van der Waals surface area contributed by atoms with Crippen LogP contribution < -0.4 is 9.47 Å². The molecule has 0 radical (unpaired) electrons. The Hall–Kier alpha value is -2.04. The van der Waals surface area contributed by atoms with Crippen molar-refractivity contribution in [3.63, 3.8) is 0 Å². The molecule has 0 saturated heterocycles. The summed E-state index contributed by atoms with van der Waals surface area (Å²) in [7, 11) is 1.52. The Labute approximate surface area is 92.6 Å². The molecule has 0 saturated carbocycles. The Morgan fingerprint density at radius 1 is 1.56 bits per heavy atom. The number of benzene rings is 1. The first kappa shape index (κ1) is 10.5. The normalized spacial score (nSPS) is 14.1. The zero-order chi connectivity index (χ0) is 11.5. The maximum Gasteiger partial charge on any atom is 0.260 e. The molecule has 0 fully saturated rings. The van der Waals surface area contributed by atoms with Gasteiger partial charge < -0.3 is 14.3 Å². The first-order valence-corrected chi connectivity index (χ1v) is 4.80. The number of aldehydes is 1. The van der Waals surface area contributed by atoms with E-state index in [0.717, 1.165) is 0 Å². The van der Waals surface area contributed by atoms with Crippen LogP contribution >= 0.6 is 0 Å². The molecule has 0 N–H and O–H groups in total. The third kappa shape index (κ3) is 1.60. The van der Waals surface area contributed by atoms with Gasteiger partial charge in [0, 0.05) is 0 Å². The monoisotopic (exact) mass is 221 g/mol. The van der Waals surface area contributed by atoms with Gasteiger partial charge in [-0.3, -0.25) is 9.69 Å². The zero-order valence-electron chi connectivity index (χ0n) is 8.80. The number of carbonyl (C=O) groups excluding carboxylic acids is 2. The molecule has 1 amide bonds. The van der Waals surface area contributed by atoms with E-state index in [1.54, 1.807) is 18.2 Å². The molecule has 1 aromatic rings. The highest BCUT2D eigenvalue weighted by atomic mass is 16.5. The lowest BCUT2D eigenvalue weighted by molar-refractivity contribution is -0.109. The summed E-state index contributed by atoms with van der Waals surface area (Å²) in [5.41, 5.74) is 0.424. The number of ether oxygens (including phenoxy) is 2. The van der Waals surface area contributed by atoms with Crippen molar-refractivity contribution in [3.8, 4) is 11.5 Å². The van der Waals surface area contributed by atoms with Crippen molar-refractivity contribution < 1.29 is 19.1 Å². The summed E-state index contributed by atoms with van der Waals surface area (Å²) in [4.78, 5) is 23.6. The van der Waals surface area contributed by atoms with E-state index in [9.17, 15) is 9.59 Å². The molecule has 0 atom stereocenters. The van der Waals surface area contributed by atoms with Gasteiger partial charge >= 0.3 is 0 Å². The van der Waals surface area contributed by atoms with Gasteiger partial charge in [0.1, 0.15) is 6.29 Å². The van der Waals surface area contributed by atoms with Crippen molar-refractivity contribution in [1.29, 1.82) is 0 Å². The first-order valence-electron chi connectivity index (χ1n) is 4.80. The number of nitrogens with zero attached hydrogens (tertiary/aromatic N) is 1. The summed E-state index contributed by atoms with van der Waals surface area (Å²) < 4.78 is 10.5. The molecule has 2 rings (SSSR count). The number of hydrogen-bond acceptors (Lipinski definition) is 4. The molecule has 5 nitrogen and oxygen atoms in total. The molecule has 0 aromatic heterocycles. The lowest BCUT2D eigenvalue weighted by Gasteiger charge is -2.27. The second-order valence-corrected chi connectivity index (χ2v) is 3.30. The van der Waals surface area contributed by atoms with E-state index in [1.807, 2.05) is 0 Å². The summed E-state index contributed by atoms with van der Waals surface area (Å²) in [6, 6.07) is 5.09. The van der Waals surface area contributed by atoms with E-state index in [2.05, 4.69) is 0 Å². The Bertz CT molecular complexity index is 430. The average Bonchev–Trinajstić information content (AvgIpc) is 2.32. The minimum Gasteiger partial charge on any atom is -0.493 e. The predicted octanol–water partition coefficient (Wildman–Crippen LogP) is 0.686. The summed E-state index contributed by atoms with van der Waals surface area (Å²) >= 11 is 0. The highest BCUT2D eigenvalue weighted by molar-refractivity contribution is 5.99. The number of methoxy groups -OCH3 is 1. The molecule has 84 valence electrons. The fourth-order valence-corrected chi connectivity index (χ4v) is 1.59. The van der Waals surface area contributed by atoms with Crippen LogP contribution in [0.5, 0.6) is 11.5 Å². The van der Waals surface area contributed by atoms with E-state index in [-0.39, 0.29) is 19.2 Å². The maximum absolute atomic E-state index is 11.9. The molecule has 0 aliphatic carbocycles. The van der Waals surface area contributed by atoms with Gasteiger partial charge in [-0.25, -0.2) is 0 Å². The van der Waals surface area contributed by atoms with Crippen molar-refractivity contribution in [3.05, 3.63) is 23.8 Å². The fourth-order valence-electron chi connectivity index (χ4n) is 1.59. The smallest absolute Gasteiger partial charge is 0.260 e. The lowest BCUT2D eigenvalue weighted by atomic mass is 10.1. The fraction of sp³-hybridized carbons (Fsp3) is 0.273. The van der Waals surface area contributed by atoms with E-state index < -0.39 is 0 Å². The minimum absolute atomic E-state index is 0.0372. The van der Waals surface area contributed by atoms with Crippen molar-refractivity contribution in [2.45, 2.75) is 0 Å². The Morgan fingerprint density at radius 3 is 3.06 bits per heavy atom. The average molecular weight is 221 g/mol. The topological polar surface area (TPSA) is 55.8 Å². The number of para-hydroxylation sites is 1. The number of carbonyl (C=O) groups is 2. The molecule has 1 aliphatic rings. The molecule has 1 heterocycles. The van der Waals surface area contributed by atoms with Gasteiger partial charge in [0.2, 0.25) is 0 Å². The maximum atomic E-state index is 11.9. The van der Waals surface area contributed by atoms with E-state index in [0.29, 0.717) is 23.3 Å². The summed E-state index contributed by atoms with van der Waals surface area (Å²) in [5, 5.41) is 0. The SMILES string of the molecule is COc1cccc2c1OCN(CC=O)C2=O. The van der Waals surface area contributed by atoms with E-state index in [4.69, 9.17) is 9.47 Å². The van der Waals surface area contributed by atoms with E-state index in [1.165, 1.54) is 12.0 Å². The van der Waals surface area contributed by atoms with Gasteiger partial charge in [-0.1, -0.05) is 6.07 Å². The van der Waals surface area contributed by atoms with Crippen molar-refractivity contribution in [1.82, 2.24) is 4.90 Å². The summed E-state index contributed by atoms with van der Waals surface area (Å²) in [6.07, 6.45) is 0.673. The number of amides is 1. The minimum atomic E-state index is -0.216. The largest absolute Gasteiger partial charge is 0.493 e. The van der Waals surface area contributed by atoms with Crippen LogP contribution in [0.1, 0.15) is 10.4 Å². The van der Waals surface area contributed by atoms with Crippen LogP contribution in [-0.2, 0) is 4.79 Å². The van der Waals surface area contributed by atoms with Crippen molar-refractivity contribution >= 4 is 12.2 Å². The number of rotatable bonds is 3. The van der Waals surface area contributed by atoms with Gasteiger partial charge in [0.15, 0.2) is 18.2 Å². The van der Waals surface area contributed by atoms with Crippen LogP contribution in [-0.4, -0.2) is 37.5 Å². The Morgan fingerprint density at radius 2 is 2.38 bits per heavy atom. The summed E-state index contributed by atoms with van der Waals surface area (Å²) in [5.74, 6) is 0.751. The molecule has 0 bridgehead atoms. The Kier molecular flexibility index (Phi) is 2.76. The summed E-state index contributed by atoms with van der Waals surface area (Å²) in [6.45, 7) is 0.112. The van der Waals surface area contributed by atoms with Crippen LogP contribution in [0.3, 0.4) is 0 Å². The standard InChI is InChI=1S/C11H11NO4/c1-15-9-4-2-3-8-10(9)16-7-12(5-6-13)11(8)14/h2-4,6H,5,7H2,1H3. The predicted molar refractivity (Wildman–Crippen MR) is 55.6 cm³/mol. The second kappa shape index (κ2) is 4.22. The van der Waals surface area contributed by atoms with Gasteiger partial charge in [-0.15, -0.1) is 0 Å². The number of fused-ring (bicyclic) bond motifs is 1. The zero-order valence-corrected chi connectivity index (χ0v) is 8.80. The van der Waals surface area contributed by atoms with Crippen LogP contribution in [0.25, 0.3) is 0 Å². The van der Waals surface area contributed by atoms with Gasteiger partial charge in [0.05, 0.1) is 19.2 Å². The molecule has 0 spiro atoms. The van der Waals surface area contributed by atoms with Gasteiger partial charge in [-0.2, -0.15) is 0 Å². The molecule has 16 heavy (non-hydrogen) atoms. The molecule has 0 unspecified atom stereocenters. The van der Waals surface area contributed by atoms with Crippen LogP contribution in [0.4, 0.5) is 0 Å². The van der Waals surface area contributed by atoms with Crippen molar-refractivity contribution in [2.24, 2.45) is 0 Å².